The predicted molar refractivity (Wildman–Crippen MR) is 116 cm³/mol. The average Bonchev–Trinajstić information content (AvgIpc) is 2.77. The van der Waals surface area contributed by atoms with Crippen molar-refractivity contribution in [1.82, 2.24) is 9.88 Å². The molecule has 0 aliphatic rings. The molecule has 30 heavy (non-hydrogen) atoms. The van der Waals surface area contributed by atoms with Crippen molar-refractivity contribution in [1.29, 1.82) is 0 Å². The number of methoxy groups -OCH3 is 3. The number of nitrogens with one attached hydrogen (secondary N) is 1. The maximum atomic E-state index is 13.2. The molecule has 0 saturated carbocycles. The number of fused-ring (bicyclic) bond motifs is 1. The predicted octanol–water partition coefficient (Wildman–Crippen LogP) is 3.61. The summed E-state index contributed by atoms with van der Waals surface area (Å²) < 4.78 is 15.8. The maximum absolute atomic E-state index is 13.2. The molecule has 0 aliphatic heterocycles. The molecule has 1 heterocycles. The fourth-order valence-corrected chi connectivity index (χ4v) is 3.35. The molecule has 7 heteroatoms. The summed E-state index contributed by atoms with van der Waals surface area (Å²) in [6.07, 6.45) is 0.766. The van der Waals surface area contributed by atoms with Crippen molar-refractivity contribution < 1.29 is 19.0 Å². The van der Waals surface area contributed by atoms with Gasteiger partial charge in [0, 0.05) is 23.7 Å². The van der Waals surface area contributed by atoms with Crippen LogP contribution in [-0.4, -0.2) is 43.7 Å². The van der Waals surface area contributed by atoms with Crippen LogP contribution in [0, 0.1) is 0 Å². The molecule has 0 saturated heterocycles. The Kier molecular flexibility index (Phi) is 6.61. The first-order valence-corrected chi connectivity index (χ1v) is 9.72. The second kappa shape index (κ2) is 9.35. The first-order chi connectivity index (χ1) is 14.5. The van der Waals surface area contributed by atoms with Gasteiger partial charge in [-0.1, -0.05) is 6.92 Å². The van der Waals surface area contributed by atoms with Gasteiger partial charge in [-0.15, -0.1) is 0 Å². The van der Waals surface area contributed by atoms with Crippen LogP contribution in [0.5, 0.6) is 17.2 Å². The number of carbonyl (C=O) groups excluding carboxylic acids is 1. The van der Waals surface area contributed by atoms with E-state index >= 15 is 0 Å². The highest BCUT2D eigenvalue weighted by Gasteiger charge is 2.19. The van der Waals surface area contributed by atoms with E-state index in [2.05, 4.69) is 4.98 Å². The van der Waals surface area contributed by atoms with Crippen LogP contribution in [0.4, 0.5) is 0 Å². The topological polar surface area (TPSA) is 80.9 Å². The molecule has 0 radical (unpaired) electrons. The van der Waals surface area contributed by atoms with Gasteiger partial charge >= 0.3 is 0 Å². The van der Waals surface area contributed by atoms with Gasteiger partial charge in [-0.3, -0.25) is 9.59 Å². The first kappa shape index (κ1) is 21.2. The summed E-state index contributed by atoms with van der Waals surface area (Å²) in [6.45, 7) is 2.72. The Labute approximate surface area is 175 Å². The molecule has 1 N–H and O–H groups in total. The van der Waals surface area contributed by atoms with Crippen molar-refractivity contribution >= 4 is 16.8 Å². The van der Waals surface area contributed by atoms with Gasteiger partial charge < -0.3 is 24.1 Å². The third kappa shape index (κ3) is 4.40. The van der Waals surface area contributed by atoms with Crippen molar-refractivity contribution in [2.24, 2.45) is 0 Å². The highest BCUT2D eigenvalue weighted by atomic mass is 16.5. The zero-order valence-corrected chi connectivity index (χ0v) is 17.7. The van der Waals surface area contributed by atoms with E-state index in [0.717, 1.165) is 11.8 Å². The van der Waals surface area contributed by atoms with E-state index < -0.39 is 0 Å². The van der Waals surface area contributed by atoms with E-state index in [1.165, 1.54) is 7.11 Å². The molecule has 1 aromatic heterocycles. The van der Waals surface area contributed by atoms with Crippen LogP contribution in [-0.2, 0) is 6.54 Å². The van der Waals surface area contributed by atoms with Gasteiger partial charge in [0.1, 0.15) is 5.75 Å². The quantitative estimate of drug-likeness (QED) is 0.614. The van der Waals surface area contributed by atoms with E-state index in [9.17, 15) is 9.59 Å². The lowest BCUT2D eigenvalue weighted by molar-refractivity contribution is 0.0742. The van der Waals surface area contributed by atoms with Crippen LogP contribution in [0.25, 0.3) is 10.9 Å². The van der Waals surface area contributed by atoms with E-state index in [1.807, 2.05) is 25.1 Å². The van der Waals surface area contributed by atoms with Crippen molar-refractivity contribution in [2.75, 3.05) is 27.9 Å². The number of aromatic amines is 1. The minimum Gasteiger partial charge on any atom is -0.497 e. The van der Waals surface area contributed by atoms with Crippen molar-refractivity contribution in [3.05, 3.63) is 63.9 Å². The molecule has 0 aliphatic carbocycles. The second-order valence-corrected chi connectivity index (χ2v) is 6.87. The van der Waals surface area contributed by atoms with Crippen molar-refractivity contribution in [3.8, 4) is 17.2 Å². The van der Waals surface area contributed by atoms with Gasteiger partial charge in [-0.05, 0) is 48.2 Å². The fourth-order valence-electron chi connectivity index (χ4n) is 3.35. The summed E-state index contributed by atoms with van der Waals surface area (Å²) in [6, 6.07) is 12.4. The molecule has 3 aromatic rings. The summed E-state index contributed by atoms with van der Waals surface area (Å²) in [7, 11) is 4.65. The van der Waals surface area contributed by atoms with E-state index in [1.54, 1.807) is 43.4 Å². The number of aromatic nitrogens is 1. The number of amides is 1. The fraction of sp³-hybridized carbons (Fsp3) is 0.304. The van der Waals surface area contributed by atoms with Gasteiger partial charge in [0.2, 0.25) is 0 Å². The minimum atomic E-state index is -0.225. The molecular weight excluding hydrogens is 384 g/mol. The minimum absolute atomic E-state index is 0.174. The van der Waals surface area contributed by atoms with Crippen LogP contribution < -0.4 is 19.8 Å². The number of nitrogens with zero attached hydrogens (tertiary/aromatic N) is 1. The lowest BCUT2D eigenvalue weighted by Gasteiger charge is -2.22. The summed E-state index contributed by atoms with van der Waals surface area (Å²) in [5.41, 5.74) is 1.46. The molecule has 0 unspecified atom stereocenters. The zero-order valence-electron chi connectivity index (χ0n) is 17.7. The Morgan fingerprint density at radius 1 is 0.967 bits per heavy atom. The number of hydrogen-bond acceptors (Lipinski definition) is 5. The number of ether oxygens (including phenoxy) is 3. The smallest absolute Gasteiger partial charge is 0.254 e. The third-order valence-electron chi connectivity index (χ3n) is 4.90. The Bertz CT molecular complexity index is 1110. The molecule has 3 rings (SSSR count). The molecule has 0 spiro atoms. The number of carbonyl (C=O) groups is 1. The maximum Gasteiger partial charge on any atom is 0.254 e. The van der Waals surface area contributed by atoms with Crippen molar-refractivity contribution in [3.63, 3.8) is 0 Å². The van der Waals surface area contributed by atoms with Gasteiger partial charge in [0.25, 0.3) is 11.5 Å². The third-order valence-corrected chi connectivity index (χ3v) is 4.90. The van der Waals surface area contributed by atoms with Crippen molar-refractivity contribution in [2.45, 2.75) is 19.9 Å². The second-order valence-electron chi connectivity index (χ2n) is 6.87. The number of rotatable bonds is 8. The lowest BCUT2D eigenvalue weighted by atomic mass is 10.1. The van der Waals surface area contributed by atoms with E-state index in [4.69, 9.17) is 14.2 Å². The van der Waals surface area contributed by atoms with Crippen LogP contribution in [0.15, 0.2) is 47.3 Å². The van der Waals surface area contributed by atoms with Gasteiger partial charge in [0.05, 0.1) is 33.4 Å². The highest BCUT2D eigenvalue weighted by Crippen LogP contribution is 2.28. The van der Waals surface area contributed by atoms with Crippen LogP contribution in [0.1, 0.15) is 29.3 Å². The number of benzene rings is 2. The monoisotopic (exact) mass is 410 g/mol. The zero-order chi connectivity index (χ0) is 21.7. The van der Waals surface area contributed by atoms with E-state index in [-0.39, 0.29) is 18.0 Å². The number of H-pyrrole nitrogens is 1. The number of hydrogen-bond donors (Lipinski definition) is 1. The molecule has 1 amide bonds. The number of pyridine rings is 1. The largest absolute Gasteiger partial charge is 0.497 e. The molecule has 0 bridgehead atoms. The Morgan fingerprint density at radius 3 is 2.40 bits per heavy atom. The molecule has 2 aromatic carbocycles. The van der Waals surface area contributed by atoms with E-state index in [0.29, 0.717) is 40.4 Å². The highest BCUT2D eigenvalue weighted by molar-refractivity contribution is 5.95. The van der Waals surface area contributed by atoms with Crippen LogP contribution in [0.2, 0.25) is 0 Å². The molecule has 0 atom stereocenters. The molecule has 7 nitrogen and oxygen atoms in total. The van der Waals surface area contributed by atoms with Crippen LogP contribution >= 0.6 is 0 Å². The Hall–Kier alpha value is -3.48. The molecule has 0 fully saturated rings. The van der Waals surface area contributed by atoms with Gasteiger partial charge in [0.15, 0.2) is 11.5 Å². The lowest BCUT2D eigenvalue weighted by Crippen LogP contribution is -2.33. The summed E-state index contributed by atoms with van der Waals surface area (Å²) in [4.78, 5) is 30.4. The Balaban J connectivity index is 1.92. The summed E-state index contributed by atoms with van der Waals surface area (Å²) in [5.74, 6) is 1.53. The normalized spacial score (nSPS) is 10.7. The summed E-state index contributed by atoms with van der Waals surface area (Å²) in [5, 5.41) is 0.875. The summed E-state index contributed by atoms with van der Waals surface area (Å²) >= 11 is 0. The van der Waals surface area contributed by atoms with Gasteiger partial charge in [-0.25, -0.2) is 0 Å². The van der Waals surface area contributed by atoms with Gasteiger partial charge in [-0.2, -0.15) is 0 Å². The molecular formula is C23H26N2O5. The average molecular weight is 410 g/mol. The molecule has 158 valence electrons. The SMILES string of the molecule is CCCN(Cc1cc2ccc(OC)cc2[nH]c1=O)C(=O)c1ccc(OC)c(OC)c1. The standard InChI is InChI=1S/C23H26N2O5/c1-5-10-25(23(27)16-7-9-20(29-3)21(12-16)30-4)14-17-11-15-6-8-18(28-2)13-19(15)24-22(17)26/h6-9,11-13H,5,10,14H2,1-4H3,(H,24,26). The van der Waals surface area contributed by atoms with Crippen LogP contribution in [0.3, 0.4) is 0 Å². The Morgan fingerprint density at radius 2 is 1.73 bits per heavy atom. The first-order valence-electron chi connectivity index (χ1n) is 9.72.